The van der Waals surface area contributed by atoms with Gasteiger partial charge in [-0.25, -0.2) is 4.39 Å². The second-order valence-corrected chi connectivity index (χ2v) is 3.24. The van der Waals surface area contributed by atoms with Gasteiger partial charge < -0.3 is 20.5 Å². The normalized spacial score (nSPS) is 10.1. The van der Waals surface area contributed by atoms with E-state index in [1.54, 1.807) is 0 Å². The van der Waals surface area contributed by atoms with Gasteiger partial charge in [0.1, 0.15) is 18.2 Å². The second-order valence-electron chi connectivity index (χ2n) is 3.24. The van der Waals surface area contributed by atoms with E-state index in [2.05, 4.69) is 5.32 Å². The standard InChI is InChI=1S/C11H15FN2O3/c1-16-8-2-3-9(12)10(6-8)14-11(15)7-17-5-4-13/h2-3,6H,4-5,7,13H2,1H3,(H,14,15). The van der Waals surface area contributed by atoms with Gasteiger partial charge in [-0.3, -0.25) is 4.79 Å². The Balaban J connectivity index is 2.57. The minimum Gasteiger partial charge on any atom is -0.497 e. The molecule has 0 aromatic heterocycles. The Morgan fingerprint density at radius 1 is 1.53 bits per heavy atom. The maximum Gasteiger partial charge on any atom is 0.250 e. The van der Waals surface area contributed by atoms with Crippen molar-refractivity contribution in [3.8, 4) is 5.75 Å². The van der Waals surface area contributed by atoms with Crippen molar-refractivity contribution in [3.05, 3.63) is 24.0 Å². The Morgan fingerprint density at radius 2 is 2.29 bits per heavy atom. The predicted octanol–water partition coefficient (Wildman–Crippen LogP) is 0.748. The van der Waals surface area contributed by atoms with E-state index in [0.717, 1.165) is 0 Å². The monoisotopic (exact) mass is 242 g/mol. The number of amides is 1. The topological polar surface area (TPSA) is 73.6 Å². The van der Waals surface area contributed by atoms with Gasteiger partial charge in [-0.05, 0) is 12.1 Å². The van der Waals surface area contributed by atoms with E-state index in [4.69, 9.17) is 15.2 Å². The highest BCUT2D eigenvalue weighted by Gasteiger charge is 2.08. The van der Waals surface area contributed by atoms with Crippen LogP contribution in [0.25, 0.3) is 0 Å². The average Bonchev–Trinajstić information content (AvgIpc) is 2.32. The van der Waals surface area contributed by atoms with Crippen molar-refractivity contribution in [2.45, 2.75) is 0 Å². The predicted molar refractivity (Wildman–Crippen MR) is 61.5 cm³/mol. The average molecular weight is 242 g/mol. The van der Waals surface area contributed by atoms with Crippen molar-refractivity contribution >= 4 is 11.6 Å². The molecule has 0 radical (unpaired) electrons. The van der Waals surface area contributed by atoms with E-state index in [9.17, 15) is 9.18 Å². The number of carbonyl (C=O) groups is 1. The van der Waals surface area contributed by atoms with Gasteiger partial charge in [0, 0.05) is 12.6 Å². The highest BCUT2D eigenvalue weighted by atomic mass is 19.1. The van der Waals surface area contributed by atoms with Gasteiger partial charge >= 0.3 is 0 Å². The van der Waals surface area contributed by atoms with Crippen molar-refractivity contribution in [1.82, 2.24) is 0 Å². The SMILES string of the molecule is COc1ccc(F)c(NC(=O)COCCN)c1. The van der Waals surface area contributed by atoms with Crippen LogP contribution in [0.2, 0.25) is 0 Å². The third kappa shape index (κ3) is 4.38. The molecule has 94 valence electrons. The van der Waals surface area contributed by atoms with Crippen LogP contribution in [0.5, 0.6) is 5.75 Å². The van der Waals surface area contributed by atoms with Gasteiger partial charge in [-0.1, -0.05) is 0 Å². The minimum absolute atomic E-state index is 0.0608. The molecule has 0 aliphatic rings. The molecule has 0 aliphatic carbocycles. The van der Waals surface area contributed by atoms with Crippen LogP contribution in [0.3, 0.4) is 0 Å². The first-order valence-corrected chi connectivity index (χ1v) is 5.08. The third-order valence-corrected chi connectivity index (χ3v) is 1.94. The fourth-order valence-corrected chi connectivity index (χ4v) is 1.16. The van der Waals surface area contributed by atoms with E-state index >= 15 is 0 Å². The number of carbonyl (C=O) groups excluding carboxylic acids is 1. The number of ether oxygens (including phenoxy) is 2. The Labute approximate surface area is 98.7 Å². The summed E-state index contributed by atoms with van der Waals surface area (Å²) in [7, 11) is 1.46. The molecular weight excluding hydrogens is 227 g/mol. The summed E-state index contributed by atoms with van der Waals surface area (Å²) in [6.07, 6.45) is 0. The molecule has 0 bridgehead atoms. The fourth-order valence-electron chi connectivity index (χ4n) is 1.16. The number of hydrogen-bond donors (Lipinski definition) is 2. The molecule has 0 fully saturated rings. The minimum atomic E-state index is -0.530. The first kappa shape index (κ1) is 13.4. The van der Waals surface area contributed by atoms with Gasteiger partial charge in [0.25, 0.3) is 0 Å². The summed E-state index contributed by atoms with van der Waals surface area (Å²) < 4.78 is 23.2. The third-order valence-electron chi connectivity index (χ3n) is 1.94. The molecule has 0 heterocycles. The molecule has 1 aromatic carbocycles. The summed E-state index contributed by atoms with van der Waals surface area (Å²) in [6, 6.07) is 4.08. The molecule has 0 saturated heterocycles. The molecule has 3 N–H and O–H groups in total. The van der Waals surface area contributed by atoms with Gasteiger partial charge in [-0.15, -0.1) is 0 Å². The zero-order valence-electron chi connectivity index (χ0n) is 9.53. The Morgan fingerprint density at radius 3 is 2.94 bits per heavy atom. The second kappa shape index (κ2) is 6.82. The molecule has 17 heavy (non-hydrogen) atoms. The van der Waals surface area contributed by atoms with E-state index in [1.807, 2.05) is 0 Å². The maximum atomic E-state index is 13.3. The molecular formula is C11H15FN2O3. The number of rotatable bonds is 6. The van der Waals surface area contributed by atoms with Crippen molar-refractivity contribution in [2.24, 2.45) is 5.73 Å². The molecule has 0 spiro atoms. The first-order valence-electron chi connectivity index (χ1n) is 5.08. The van der Waals surface area contributed by atoms with Crippen LogP contribution in [0.1, 0.15) is 0 Å². The fraction of sp³-hybridized carbons (Fsp3) is 0.364. The quantitative estimate of drug-likeness (QED) is 0.722. The molecule has 0 unspecified atom stereocenters. The lowest BCUT2D eigenvalue weighted by atomic mass is 10.3. The first-order chi connectivity index (χ1) is 8.17. The zero-order chi connectivity index (χ0) is 12.7. The molecule has 1 amide bonds. The number of benzene rings is 1. The highest BCUT2D eigenvalue weighted by molar-refractivity contribution is 5.92. The maximum absolute atomic E-state index is 13.3. The van der Waals surface area contributed by atoms with E-state index < -0.39 is 11.7 Å². The summed E-state index contributed by atoms with van der Waals surface area (Å²) in [5.41, 5.74) is 5.26. The lowest BCUT2D eigenvalue weighted by Gasteiger charge is -2.08. The molecule has 1 aromatic rings. The Kier molecular flexibility index (Phi) is 5.38. The smallest absolute Gasteiger partial charge is 0.250 e. The Hall–Kier alpha value is -1.66. The molecule has 0 saturated carbocycles. The van der Waals surface area contributed by atoms with Crippen molar-refractivity contribution in [1.29, 1.82) is 0 Å². The zero-order valence-corrected chi connectivity index (χ0v) is 9.53. The lowest BCUT2D eigenvalue weighted by Crippen LogP contribution is -2.21. The Bertz CT molecular complexity index is 385. The number of nitrogens with two attached hydrogens (primary N) is 1. The summed E-state index contributed by atoms with van der Waals surface area (Å²) in [4.78, 5) is 11.4. The van der Waals surface area contributed by atoms with Crippen LogP contribution in [0.4, 0.5) is 10.1 Å². The molecule has 6 heteroatoms. The molecule has 5 nitrogen and oxygen atoms in total. The number of hydrogen-bond acceptors (Lipinski definition) is 4. The van der Waals surface area contributed by atoms with Gasteiger partial charge in [-0.2, -0.15) is 0 Å². The lowest BCUT2D eigenvalue weighted by molar-refractivity contribution is -0.120. The van der Waals surface area contributed by atoms with Crippen LogP contribution in [-0.4, -0.2) is 32.8 Å². The molecule has 1 rings (SSSR count). The number of anilines is 1. The number of nitrogens with one attached hydrogen (secondary N) is 1. The van der Waals surface area contributed by atoms with Crippen LogP contribution < -0.4 is 15.8 Å². The van der Waals surface area contributed by atoms with Crippen LogP contribution in [-0.2, 0) is 9.53 Å². The van der Waals surface area contributed by atoms with Crippen LogP contribution in [0.15, 0.2) is 18.2 Å². The van der Waals surface area contributed by atoms with Crippen molar-refractivity contribution in [2.75, 3.05) is 32.2 Å². The molecule has 0 atom stereocenters. The number of halogens is 1. The van der Waals surface area contributed by atoms with Crippen LogP contribution in [0, 0.1) is 5.82 Å². The summed E-state index contributed by atoms with van der Waals surface area (Å²) in [6.45, 7) is 0.461. The summed E-state index contributed by atoms with van der Waals surface area (Å²) in [5.74, 6) is -0.506. The van der Waals surface area contributed by atoms with E-state index in [0.29, 0.717) is 12.3 Å². The van der Waals surface area contributed by atoms with Gasteiger partial charge in [0.05, 0.1) is 19.4 Å². The summed E-state index contributed by atoms with van der Waals surface area (Å²) in [5, 5.41) is 2.38. The van der Waals surface area contributed by atoms with E-state index in [1.165, 1.54) is 25.3 Å². The van der Waals surface area contributed by atoms with Gasteiger partial charge in [0.15, 0.2) is 0 Å². The largest absolute Gasteiger partial charge is 0.497 e. The van der Waals surface area contributed by atoms with E-state index in [-0.39, 0.29) is 18.9 Å². The van der Waals surface area contributed by atoms with Crippen molar-refractivity contribution < 1.29 is 18.7 Å². The highest BCUT2D eigenvalue weighted by Crippen LogP contribution is 2.20. The van der Waals surface area contributed by atoms with Gasteiger partial charge in [0.2, 0.25) is 5.91 Å². The number of methoxy groups -OCH3 is 1. The van der Waals surface area contributed by atoms with Crippen molar-refractivity contribution in [3.63, 3.8) is 0 Å². The van der Waals surface area contributed by atoms with Crippen LogP contribution >= 0.6 is 0 Å². The molecule has 0 aliphatic heterocycles. The summed E-state index contributed by atoms with van der Waals surface area (Å²) >= 11 is 0.